The minimum absolute atomic E-state index is 0.0999. The fourth-order valence-electron chi connectivity index (χ4n) is 10.8. The number of carbonyl (C=O) groups excluding carboxylic acids is 4. The highest BCUT2D eigenvalue weighted by molar-refractivity contribution is 7.47. The molecule has 19 heteroatoms. The number of aliphatic hydroxyl groups is 1. The fourth-order valence-corrected chi connectivity index (χ4v) is 12.4. The molecule has 7 atom stereocenters. The molecule has 0 spiro atoms. The van der Waals surface area contributed by atoms with Gasteiger partial charge in [-0.05, 0) is 69.1 Å². The highest BCUT2D eigenvalue weighted by atomic mass is 31.2. The number of phosphoric acid groups is 2. The third kappa shape index (κ3) is 65.5. The lowest BCUT2D eigenvalue weighted by Gasteiger charge is -2.21. The Hall–Kier alpha value is -2.46. The van der Waals surface area contributed by atoms with Crippen molar-refractivity contribution in [1.29, 1.82) is 0 Å². The van der Waals surface area contributed by atoms with Crippen LogP contribution in [0.1, 0.15) is 357 Å². The molecule has 0 heterocycles. The Labute approximate surface area is 573 Å². The van der Waals surface area contributed by atoms with Gasteiger partial charge in [0.05, 0.1) is 26.4 Å². The van der Waals surface area contributed by atoms with E-state index in [0.29, 0.717) is 25.7 Å². The fraction of sp³-hybridized carbons (Fsp3) is 0.893. The number of hydrogen-bond acceptors (Lipinski definition) is 15. The molecule has 0 amide bonds. The van der Waals surface area contributed by atoms with Gasteiger partial charge < -0.3 is 33.8 Å². The van der Waals surface area contributed by atoms with Crippen LogP contribution in [0.25, 0.3) is 0 Å². The molecule has 0 aliphatic heterocycles. The number of rotatable bonds is 71. The summed E-state index contributed by atoms with van der Waals surface area (Å²) in [6, 6.07) is 0. The van der Waals surface area contributed by atoms with Gasteiger partial charge in [-0.25, -0.2) is 9.13 Å². The molecule has 0 aromatic carbocycles. The van der Waals surface area contributed by atoms with Crippen molar-refractivity contribution in [3.63, 3.8) is 0 Å². The summed E-state index contributed by atoms with van der Waals surface area (Å²) in [6.45, 7) is 11.8. The molecule has 94 heavy (non-hydrogen) atoms. The molecule has 17 nitrogen and oxygen atoms in total. The first-order valence-corrected chi connectivity index (χ1v) is 41.2. The van der Waals surface area contributed by atoms with Gasteiger partial charge >= 0.3 is 39.5 Å². The normalized spacial score (nSPS) is 14.8. The van der Waals surface area contributed by atoms with Crippen molar-refractivity contribution in [3.8, 4) is 0 Å². The van der Waals surface area contributed by atoms with Crippen LogP contribution in [0.15, 0.2) is 24.3 Å². The number of ether oxygens (including phenoxy) is 4. The van der Waals surface area contributed by atoms with E-state index < -0.39 is 97.5 Å². The van der Waals surface area contributed by atoms with Crippen molar-refractivity contribution in [3.05, 3.63) is 24.3 Å². The number of unbranched alkanes of at least 4 members (excludes halogenated alkanes) is 34. The van der Waals surface area contributed by atoms with Gasteiger partial charge in [-0.3, -0.25) is 37.3 Å². The zero-order valence-electron chi connectivity index (χ0n) is 60.9. The molecular weight excluding hydrogens is 1230 g/mol. The standard InChI is InChI=1S/C75H142O17P2/c1-8-11-12-13-14-15-16-17-18-22-25-28-34-42-49-56-72(77)85-62-70(91-74(79)58-51-44-36-29-26-23-20-19-21-24-27-33-40-47-54-67(6)9-2)64-89-93(81,82)87-60-69(76)61-88-94(83,84)90-65-71(92-75(80)59-52-45-38-37-41-48-55-68(7)10-3)63-86-73(78)57-50-43-35-31-30-32-39-46-53-66(4)5/h15-18,66-71,76H,8-14,19-65H2,1-7H3,(H,81,82)(H,83,84)/b16-15-,18-17-/t67?,68?,69?,70-,71-/m1/s1. The van der Waals surface area contributed by atoms with Gasteiger partial charge in [0.2, 0.25) is 0 Å². The second-order valence-corrected chi connectivity index (χ2v) is 30.2. The number of phosphoric ester groups is 2. The number of esters is 4. The van der Waals surface area contributed by atoms with Crippen LogP contribution in [0.3, 0.4) is 0 Å². The van der Waals surface area contributed by atoms with E-state index in [4.69, 9.17) is 37.0 Å². The maximum Gasteiger partial charge on any atom is 0.472 e. The van der Waals surface area contributed by atoms with Gasteiger partial charge in [-0.1, -0.05) is 304 Å². The predicted octanol–water partition coefficient (Wildman–Crippen LogP) is 21.3. The molecule has 0 saturated carbocycles. The summed E-state index contributed by atoms with van der Waals surface area (Å²) in [6.07, 6.45) is 53.6. The van der Waals surface area contributed by atoms with E-state index in [1.165, 1.54) is 148 Å². The van der Waals surface area contributed by atoms with Gasteiger partial charge in [0.15, 0.2) is 12.2 Å². The lowest BCUT2D eigenvalue weighted by Crippen LogP contribution is -2.30. The third-order valence-electron chi connectivity index (χ3n) is 17.5. The zero-order valence-corrected chi connectivity index (χ0v) is 62.7. The molecule has 0 aliphatic rings. The number of hydrogen-bond donors (Lipinski definition) is 3. The molecule has 554 valence electrons. The predicted molar refractivity (Wildman–Crippen MR) is 381 cm³/mol. The molecule has 0 fully saturated rings. The summed E-state index contributed by atoms with van der Waals surface area (Å²) in [5.74, 6) is 0.133. The van der Waals surface area contributed by atoms with Gasteiger partial charge in [0.1, 0.15) is 19.3 Å². The van der Waals surface area contributed by atoms with E-state index in [-0.39, 0.29) is 25.7 Å². The minimum Gasteiger partial charge on any atom is -0.462 e. The third-order valence-corrected chi connectivity index (χ3v) is 19.4. The molecule has 0 radical (unpaired) electrons. The molecule has 0 rings (SSSR count). The van der Waals surface area contributed by atoms with Crippen molar-refractivity contribution in [2.75, 3.05) is 39.6 Å². The largest absolute Gasteiger partial charge is 0.472 e. The molecule has 0 bridgehead atoms. The van der Waals surface area contributed by atoms with Crippen molar-refractivity contribution in [1.82, 2.24) is 0 Å². The van der Waals surface area contributed by atoms with Crippen LogP contribution in [0.4, 0.5) is 0 Å². The van der Waals surface area contributed by atoms with Crippen LogP contribution in [-0.2, 0) is 65.4 Å². The van der Waals surface area contributed by atoms with E-state index >= 15 is 0 Å². The van der Waals surface area contributed by atoms with Crippen molar-refractivity contribution < 1.29 is 80.2 Å². The summed E-state index contributed by atoms with van der Waals surface area (Å²) in [5.41, 5.74) is 0. The summed E-state index contributed by atoms with van der Waals surface area (Å²) in [5, 5.41) is 10.6. The second-order valence-electron chi connectivity index (χ2n) is 27.3. The number of aliphatic hydroxyl groups excluding tert-OH is 1. The second kappa shape index (κ2) is 65.2. The Balaban J connectivity index is 5.28. The quantitative estimate of drug-likeness (QED) is 0.0169. The average Bonchev–Trinajstić information content (AvgIpc) is 1.34. The Morgan fingerprint density at radius 3 is 0.947 bits per heavy atom. The summed E-state index contributed by atoms with van der Waals surface area (Å²) in [4.78, 5) is 72.7. The number of carbonyl (C=O) groups is 4. The van der Waals surface area contributed by atoms with Crippen molar-refractivity contribution in [2.45, 2.75) is 375 Å². The Kier molecular flexibility index (Phi) is 63.5. The monoisotopic (exact) mass is 1380 g/mol. The van der Waals surface area contributed by atoms with E-state index in [1.54, 1.807) is 0 Å². The molecule has 3 N–H and O–H groups in total. The van der Waals surface area contributed by atoms with Gasteiger partial charge in [0, 0.05) is 25.7 Å². The topological polar surface area (TPSA) is 237 Å². The molecule has 0 saturated heterocycles. The maximum absolute atomic E-state index is 13.1. The van der Waals surface area contributed by atoms with Crippen LogP contribution in [-0.4, -0.2) is 96.7 Å². The molecule has 5 unspecified atom stereocenters. The first-order valence-electron chi connectivity index (χ1n) is 38.2. The Morgan fingerprint density at radius 1 is 0.351 bits per heavy atom. The Bertz CT molecular complexity index is 1930. The van der Waals surface area contributed by atoms with Gasteiger partial charge in [-0.15, -0.1) is 0 Å². The van der Waals surface area contributed by atoms with Crippen LogP contribution in [0.5, 0.6) is 0 Å². The van der Waals surface area contributed by atoms with Gasteiger partial charge in [-0.2, -0.15) is 0 Å². The maximum atomic E-state index is 13.1. The highest BCUT2D eigenvalue weighted by Crippen LogP contribution is 2.45. The molecule has 0 aliphatic carbocycles. The van der Waals surface area contributed by atoms with Crippen LogP contribution in [0.2, 0.25) is 0 Å². The van der Waals surface area contributed by atoms with E-state index in [0.717, 1.165) is 127 Å². The van der Waals surface area contributed by atoms with Crippen molar-refractivity contribution >= 4 is 39.5 Å². The minimum atomic E-state index is -4.96. The van der Waals surface area contributed by atoms with E-state index in [1.807, 2.05) is 0 Å². The average molecular weight is 1380 g/mol. The lowest BCUT2D eigenvalue weighted by atomic mass is 9.99. The van der Waals surface area contributed by atoms with E-state index in [9.17, 15) is 43.2 Å². The Morgan fingerprint density at radius 2 is 0.628 bits per heavy atom. The smallest absolute Gasteiger partial charge is 0.462 e. The first-order chi connectivity index (χ1) is 45.3. The SMILES string of the molecule is CCCCCC/C=C\C=C/CCCCCCCC(=O)OC[C@H](COP(=O)(O)OCC(O)COP(=O)(O)OC[C@@H](COC(=O)CCCCCCCCCCC(C)C)OC(=O)CCCCCCCCC(C)CC)OC(=O)CCCCCCCCCCCCCCCCC(C)CC. The van der Waals surface area contributed by atoms with E-state index in [2.05, 4.69) is 72.8 Å². The van der Waals surface area contributed by atoms with Crippen LogP contribution >= 0.6 is 15.6 Å². The van der Waals surface area contributed by atoms with Crippen LogP contribution in [0, 0.1) is 17.8 Å². The summed E-state index contributed by atoms with van der Waals surface area (Å²) >= 11 is 0. The number of allylic oxidation sites excluding steroid dienone is 4. The molecule has 0 aromatic heterocycles. The zero-order chi connectivity index (χ0) is 69.4. The molecule has 0 aromatic rings. The van der Waals surface area contributed by atoms with Crippen LogP contribution < -0.4 is 0 Å². The first kappa shape index (κ1) is 91.5. The van der Waals surface area contributed by atoms with Crippen molar-refractivity contribution in [2.24, 2.45) is 17.8 Å². The molecular formula is C75H142O17P2. The van der Waals surface area contributed by atoms with Gasteiger partial charge in [0.25, 0.3) is 0 Å². The lowest BCUT2D eigenvalue weighted by molar-refractivity contribution is -0.161. The highest BCUT2D eigenvalue weighted by Gasteiger charge is 2.30. The summed E-state index contributed by atoms with van der Waals surface area (Å²) in [7, 11) is -9.92. The summed E-state index contributed by atoms with van der Waals surface area (Å²) < 4.78 is 68.4.